The number of carbonyl (C=O) groups excluding carboxylic acids is 3. The second-order valence-electron chi connectivity index (χ2n) is 4.09. The van der Waals surface area contributed by atoms with Crippen LogP contribution in [0.5, 0.6) is 0 Å². The van der Waals surface area contributed by atoms with Crippen LogP contribution in [0.25, 0.3) is 0 Å². The van der Waals surface area contributed by atoms with Crippen LogP contribution in [0, 0.1) is 0 Å². The minimum absolute atomic E-state index is 0.0320. The molecule has 0 aromatic heterocycles. The Labute approximate surface area is 106 Å². The predicted octanol–water partition coefficient (Wildman–Crippen LogP) is -1.38. The number of imide groups is 1. The Hall–Kier alpha value is -1.47. The van der Waals surface area contributed by atoms with Crippen molar-refractivity contribution in [3.8, 4) is 0 Å². The summed E-state index contributed by atoms with van der Waals surface area (Å²) in [7, 11) is 0. The van der Waals surface area contributed by atoms with Crippen LogP contribution >= 0.6 is 0 Å². The molecule has 0 aromatic rings. The van der Waals surface area contributed by atoms with Crippen LogP contribution in [0.2, 0.25) is 0 Å². The molecule has 0 aliphatic carbocycles. The lowest BCUT2D eigenvalue weighted by Gasteiger charge is -2.15. The molecule has 1 heterocycles. The summed E-state index contributed by atoms with van der Waals surface area (Å²) >= 11 is 0. The van der Waals surface area contributed by atoms with E-state index in [1.54, 1.807) is 0 Å². The number of nitrogens with two attached hydrogens (primary N) is 1. The van der Waals surface area contributed by atoms with Crippen LogP contribution in [0.1, 0.15) is 19.3 Å². The van der Waals surface area contributed by atoms with Crippen LogP contribution in [-0.2, 0) is 19.1 Å². The molecule has 0 saturated carbocycles. The van der Waals surface area contributed by atoms with Gasteiger partial charge < -0.3 is 15.8 Å². The van der Waals surface area contributed by atoms with Gasteiger partial charge in [-0.25, -0.2) is 0 Å². The van der Waals surface area contributed by atoms with E-state index in [1.807, 2.05) is 0 Å². The highest BCUT2D eigenvalue weighted by molar-refractivity contribution is 6.36. The van der Waals surface area contributed by atoms with Crippen LogP contribution in [0.4, 0.5) is 0 Å². The Morgan fingerprint density at radius 1 is 1.50 bits per heavy atom. The molecule has 0 bridgehead atoms. The third-order valence-electron chi connectivity index (χ3n) is 2.70. The molecular formula is C11H19N3O4. The molecule has 3 amide bonds. The van der Waals surface area contributed by atoms with Crippen LogP contribution in [0.3, 0.4) is 0 Å². The summed E-state index contributed by atoms with van der Waals surface area (Å²) in [6.45, 7) is 1.50. The molecule has 3 N–H and O–H groups in total. The first-order valence-corrected chi connectivity index (χ1v) is 6.04. The van der Waals surface area contributed by atoms with Crippen molar-refractivity contribution < 1.29 is 19.1 Å². The normalized spacial score (nSPS) is 18.4. The van der Waals surface area contributed by atoms with E-state index in [4.69, 9.17) is 10.5 Å². The topological polar surface area (TPSA) is 102 Å². The Kier molecular flexibility index (Phi) is 6.31. The molecule has 1 aliphatic heterocycles. The van der Waals surface area contributed by atoms with Crippen molar-refractivity contribution in [2.75, 3.05) is 26.2 Å². The van der Waals surface area contributed by atoms with Gasteiger partial charge in [0.1, 0.15) is 0 Å². The average Bonchev–Trinajstić information content (AvgIpc) is 2.89. The van der Waals surface area contributed by atoms with Crippen LogP contribution in [-0.4, -0.2) is 55.5 Å². The lowest BCUT2D eigenvalue weighted by Crippen LogP contribution is -2.45. The predicted molar refractivity (Wildman–Crippen MR) is 63.4 cm³/mol. The number of amides is 3. The Morgan fingerprint density at radius 3 is 2.83 bits per heavy atom. The maximum atomic E-state index is 11.6. The molecular weight excluding hydrogens is 238 g/mol. The Balaban J connectivity index is 2.33. The zero-order valence-electron chi connectivity index (χ0n) is 10.3. The maximum absolute atomic E-state index is 11.6. The van der Waals surface area contributed by atoms with Gasteiger partial charge in [-0.3, -0.25) is 19.3 Å². The maximum Gasteiger partial charge on any atom is 0.318 e. The molecule has 0 radical (unpaired) electrons. The number of nitrogens with one attached hydrogen (secondary N) is 1. The SMILES string of the molecule is NCCCN(C=O)C(=O)C(=O)NCC1CCCO1. The minimum atomic E-state index is -0.851. The highest BCUT2D eigenvalue weighted by Gasteiger charge is 2.23. The van der Waals surface area contributed by atoms with E-state index in [2.05, 4.69) is 5.32 Å². The molecule has 7 heteroatoms. The molecule has 0 spiro atoms. The van der Waals surface area contributed by atoms with Crippen molar-refractivity contribution in [2.45, 2.75) is 25.4 Å². The number of rotatable bonds is 6. The zero-order chi connectivity index (χ0) is 13.4. The van der Waals surface area contributed by atoms with Crippen molar-refractivity contribution in [1.82, 2.24) is 10.2 Å². The molecule has 1 rings (SSSR count). The molecule has 1 aliphatic rings. The van der Waals surface area contributed by atoms with Gasteiger partial charge in [0, 0.05) is 19.7 Å². The monoisotopic (exact) mass is 257 g/mol. The van der Waals surface area contributed by atoms with E-state index in [0.717, 1.165) is 17.7 Å². The van der Waals surface area contributed by atoms with Crippen molar-refractivity contribution in [3.05, 3.63) is 0 Å². The minimum Gasteiger partial charge on any atom is -0.376 e. The number of hydrogen-bond donors (Lipinski definition) is 2. The van der Waals surface area contributed by atoms with E-state index < -0.39 is 11.8 Å². The number of ether oxygens (including phenoxy) is 1. The summed E-state index contributed by atoms with van der Waals surface area (Å²) in [5.74, 6) is -1.63. The van der Waals surface area contributed by atoms with Gasteiger partial charge in [-0.05, 0) is 25.8 Å². The first-order valence-electron chi connectivity index (χ1n) is 6.04. The first-order chi connectivity index (χ1) is 8.69. The number of nitrogens with zero attached hydrogens (tertiary/aromatic N) is 1. The smallest absolute Gasteiger partial charge is 0.318 e. The Bertz CT molecular complexity index is 303. The fraction of sp³-hybridized carbons (Fsp3) is 0.727. The highest BCUT2D eigenvalue weighted by Crippen LogP contribution is 2.10. The fourth-order valence-corrected chi connectivity index (χ4v) is 1.68. The quantitative estimate of drug-likeness (QED) is 0.451. The molecule has 7 nitrogen and oxygen atoms in total. The van der Waals surface area contributed by atoms with E-state index in [0.29, 0.717) is 32.5 Å². The summed E-state index contributed by atoms with van der Waals surface area (Å²) < 4.78 is 5.31. The van der Waals surface area contributed by atoms with Gasteiger partial charge in [0.25, 0.3) is 0 Å². The summed E-state index contributed by atoms with van der Waals surface area (Å²) in [6.07, 6.45) is 2.63. The van der Waals surface area contributed by atoms with E-state index >= 15 is 0 Å². The van der Waals surface area contributed by atoms with Gasteiger partial charge in [-0.1, -0.05) is 0 Å². The first kappa shape index (κ1) is 14.6. The van der Waals surface area contributed by atoms with Gasteiger partial charge >= 0.3 is 11.8 Å². The van der Waals surface area contributed by atoms with Crippen molar-refractivity contribution in [1.29, 1.82) is 0 Å². The Morgan fingerprint density at radius 2 is 2.28 bits per heavy atom. The zero-order valence-corrected chi connectivity index (χ0v) is 10.3. The van der Waals surface area contributed by atoms with Gasteiger partial charge in [0.15, 0.2) is 0 Å². The lowest BCUT2D eigenvalue weighted by atomic mass is 10.2. The van der Waals surface area contributed by atoms with E-state index in [-0.39, 0.29) is 12.6 Å². The summed E-state index contributed by atoms with van der Waals surface area (Å²) in [6, 6.07) is 0. The fourth-order valence-electron chi connectivity index (χ4n) is 1.68. The van der Waals surface area contributed by atoms with Gasteiger partial charge in [0.05, 0.1) is 6.10 Å². The number of carbonyl (C=O) groups is 3. The largest absolute Gasteiger partial charge is 0.376 e. The molecule has 1 atom stereocenters. The van der Waals surface area contributed by atoms with E-state index in [1.165, 1.54) is 0 Å². The van der Waals surface area contributed by atoms with Crippen molar-refractivity contribution in [3.63, 3.8) is 0 Å². The van der Waals surface area contributed by atoms with Crippen molar-refractivity contribution >= 4 is 18.2 Å². The second kappa shape index (κ2) is 7.78. The van der Waals surface area contributed by atoms with Crippen LogP contribution < -0.4 is 11.1 Å². The third kappa shape index (κ3) is 4.42. The van der Waals surface area contributed by atoms with Gasteiger partial charge in [0.2, 0.25) is 6.41 Å². The average molecular weight is 257 g/mol. The number of hydrogen-bond acceptors (Lipinski definition) is 5. The molecule has 0 aromatic carbocycles. The molecule has 1 unspecified atom stereocenters. The summed E-state index contributed by atoms with van der Waals surface area (Å²) in [5, 5.41) is 2.47. The van der Waals surface area contributed by atoms with Gasteiger partial charge in [-0.15, -0.1) is 0 Å². The highest BCUT2D eigenvalue weighted by atomic mass is 16.5. The summed E-state index contributed by atoms with van der Waals surface area (Å²) in [4.78, 5) is 34.6. The summed E-state index contributed by atoms with van der Waals surface area (Å²) in [5.41, 5.74) is 5.28. The molecule has 18 heavy (non-hydrogen) atoms. The van der Waals surface area contributed by atoms with Gasteiger partial charge in [-0.2, -0.15) is 0 Å². The van der Waals surface area contributed by atoms with E-state index in [9.17, 15) is 14.4 Å². The van der Waals surface area contributed by atoms with Crippen LogP contribution in [0.15, 0.2) is 0 Å². The lowest BCUT2D eigenvalue weighted by molar-refractivity contribution is -0.149. The standard InChI is InChI=1S/C11H19N3O4/c12-4-2-5-14(8-15)11(17)10(16)13-7-9-3-1-6-18-9/h8-9H,1-7,12H2,(H,13,16). The molecule has 102 valence electrons. The molecule has 1 fully saturated rings. The second-order valence-corrected chi connectivity index (χ2v) is 4.09. The van der Waals surface area contributed by atoms with Crippen molar-refractivity contribution in [2.24, 2.45) is 5.73 Å². The third-order valence-corrected chi connectivity index (χ3v) is 2.70. The molecule has 1 saturated heterocycles.